The highest BCUT2D eigenvalue weighted by Gasteiger charge is 2.31. The SMILES string of the molecule is O=C1OCCN1c1cccc(C(=O)N2CCC[C@@H]2c2ccncc2)c1. The molecular weight excluding hydrogens is 318 g/mol. The lowest BCUT2D eigenvalue weighted by atomic mass is 10.1. The predicted octanol–water partition coefficient (Wildman–Crippen LogP) is 3.02. The van der Waals surface area contributed by atoms with E-state index in [1.807, 2.05) is 29.2 Å². The summed E-state index contributed by atoms with van der Waals surface area (Å²) in [6, 6.07) is 11.2. The number of likely N-dealkylation sites (tertiary alicyclic amines) is 1. The van der Waals surface area contributed by atoms with Crippen LogP contribution in [-0.4, -0.2) is 41.6 Å². The van der Waals surface area contributed by atoms with E-state index in [2.05, 4.69) is 4.98 Å². The van der Waals surface area contributed by atoms with Gasteiger partial charge in [-0.2, -0.15) is 0 Å². The molecule has 2 saturated heterocycles. The number of anilines is 1. The number of pyridine rings is 1. The summed E-state index contributed by atoms with van der Waals surface area (Å²) in [5.41, 5.74) is 2.41. The molecule has 0 N–H and O–H groups in total. The lowest BCUT2D eigenvalue weighted by Crippen LogP contribution is -2.31. The fourth-order valence-corrected chi connectivity index (χ4v) is 3.54. The highest BCUT2D eigenvalue weighted by Crippen LogP contribution is 2.33. The van der Waals surface area contributed by atoms with Crippen LogP contribution in [0.15, 0.2) is 48.8 Å². The third kappa shape index (κ3) is 2.95. The zero-order valence-electron chi connectivity index (χ0n) is 13.8. The van der Waals surface area contributed by atoms with Crippen LogP contribution in [-0.2, 0) is 4.74 Å². The van der Waals surface area contributed by atoms with Crippen LogP contribution in [0.4, 0.5) is 10.5 Å². The van der Waals surface area contributed by atoms with Crippen molar-refractivity contribution in [1.82, 2.24) is 9.88 Å². The summed E-state index contributed by atoms with van der Waals surface area (Å²) in [5, 5.41) is 0. The Bertz CT molecular complexity index is 794. The fourth-order valence-electron chi connectivity index (χ4n) is 3.54. The summed E-state index contributed by atoms with van der Waals surface area (Å²) < 4.78 is 4.98. The monoisotopic (exact) mass is 337 g/mol. The standard InChI is InChI=1S/C19H19N3O3/c23-18(22-10-2-5-17(22)14-6-8-20-9-7-14)15-3-1-4-16(13-15)21-11-12-25-19(21)24/h1,3-4,6-9,13,17H,2,5,10-12H2/t17-/m1/s1. The van der Waals surface area contributed by atoms with Gasteiger partial charge in [0.2, 0.25) is 0 Å². The largest absolute Gasteiger partial charge is 0.447 e. The number of hydrogen-bond donors (Lipinski definition) is 0. The maximum Gasteiger partial charge on any atom is 0.414 e. The topological polar surface area (TPSA) is 62.7 Å². The van der Waals surface area contributed by atoms with Crippen LogP contribution in [0.1, 0.15) is 34.8 Å². The Hall–Kier alpha value is -2.89. The van der Waals surface area contributed by atoms with Crippen LogP contribution in [0.3, 0.4) is 0 Å². The van der Waals surface area contributed by atoms with Crippen LogP contribution < -0.4 is 4.90 Å². The molecule has 1 aromatic carbocycles. The molecule has 0 bridgehead atoms. The molecule has 128 valence electrons. The summed E-state index contributed by atoms with van der Waals surface area (Å²) in [4.78, 5) is 32.3. The minimum absolute atomic E-state index is 0.00581. The van der Waals surface area contributed by atoms with Crippen LogP contribution in [0.5, 0.6) is 0 Å². The number of ether oxygens (including phenoxy) is 1. The Morgan fingerprint density at radius 1 is 1.16 bits per heavy atom. The Balaban J connectivity index is 1.59. The summed E-state index contributed by atoms with van der Waals surface area (Å²) in [6.07, 6.45) is 5.09. The normalized spacial score (nSPS) is 20.0. The lowest BCUT2D eigenvalue weighted by Gasteiger charge is -2.25. The third-order valence-electron chi connectivity index (χ3n) is 4.77. The average Bonchev–Trinajstić information content (AvgIpc) is 3.31. The van der Waals surface area contributed by atoms with Gasteiger partial charge in [-0.15, -0.1) is 0 Å². The molecule has 6 nitrogen and oxygen atoms in total. The zero-order chi connectivity index (χ0) is 17.2. The van der Waals surface area contributed by atoms with Crippen molar-refractivity contribution in [3.63, 3.8) is 0 Å². The molecule has 2 aliphatic heterocycles. The first-order valence-electron chi connectivity index (χ1n) is 8.49. The van der Waals surface area contributed by atoms with Crippen molar-refractivity contribution in [2.75, 3.05) is 24.6 Å². The molecule has 1 aromatic heterocycles. The van der Waals surface area contributed by atoms with E-state index in [4.69, 9.17) is 4.74 Å². The highest BCUT2D eigenvalue weighted by atomic mass is 16.6. The van der Waals surface area contributed by atoms with Gasteiger partial charge in [0.05, 0.1) is 12.6 Å². The molecule has 0 spiro atoms. The number of rotatable bonds is 3. The minimum Gasteiger partial charge on any atom is -0.447 e. The summed E-state index contributed by atoms with van der Waals surface area (Å²) in [7, 11) is 0. The molecule has 25 heavy (non-hydrogen) atoms. The smallest absolute Gasteiger partial charge is 0.414 e. The summed E-state index contributed by atoms with van der Waals surface area (Å²) in [5.74, 6) is -0.00581. The second-order valence-electron chi connectivity index (χ2n) is 6.25. The molecule has 0 aliphatic carbocycles. The first-order valence-corrected chi connectivity index (χ1v) is 8.49. The van der Waals surface area contributed by atoms with Crippen molar-refractivity contribution in [2.45, 2.75) is 18.9 Å². The quantitative estimate of drug-likeness (QED) is 0.864. The van der Waals surface area contributed by atoms with E-state index >= 15 is 0 Å². The van der Waals surface area contributed by atoms with Crippen molar-refractivity contribution in [2.24, 2.45) is 0 Å². The number of benzene rings is 1. The number of carbonyl (C=O) groups excluding carboxylic acids is 2. The molecule has 0 saturated carbocycles. The Morgan fingerprint density at radius 3 is 2.76 bits per heavy atom. The van der Waals surface area contributed by atoms with Gasteiger partial charge < -0.3 is 9.64 Å². The van der Waals surface area contributed by atoms with Gasteiger partial charge in [-0.1, -0.05) is 6.07 Å². The lowest BCUT2D eigenvalue weighted by molar-refractivity contribution is 0.0735. The van der Waals surface area contributed by atoms with Crippen molar-refractivity contribution in [3.8, 4) is 0 Å². The Labute approximate surface area is 146 Å². The molecule has 0 unspecified atom stereocenters. The minimum atomic E-state index is -0.361. The molecule has 2 amide bonds. The Morgan fingerprint density at radius 2 is 2.00 bits per heavy atom. The summed E-state index contributed by atoms with van der Waals surface area (Å²) >= 11 is 0. The average molecular weight is 337 g/mol. The number of carbonyl (C=O) groups is 2. The van der Waals surface area contributed by atoms with Crippen LogP contribution in [0.2, 0.25) is 0 Å². The molecule has 4 rings (SSSR count). The van der Waals surface area contributed by atoms with Crippen molar-refractivity contribution in [3.05, 3.63) is 59.9 Å². The van der Waals surface area contributed by atoms with Crippen molar-refractivity contribution < 1.29 is 14.3 Å². The van der Waals surface area contributed by atoms with E-state index in [1.54, 1.807) is 29.4 Å². The number of aromatic nitrogens is 1. The molecule has 2 aromatic rings. The van der Waals surface area contributed by atoms with Crippen LogP contribution in [0.25, 0.3) is 0 Å². The predicted molar refractivity (Wildman–Crippen MR) is 92.4 cm³/mol. The Kier molecular flexibility index (Phi) is 4.09. The fraction of sp³-hybridized carbons (Fsp3) is 0.316. The maximum atomic E-state index is 13.1. The molecule has 0 radical (unpaired) electrons. The second-order valence-corrected chi connectivity index (χ2v) is 6.25. The summed E-state index contributed by atoms with van der Waals surface area (Å²) in [6.45, 7) is 1.63. The zero-order valence-corrected chi connectivity index (χ0v) is 13.8. The van der Waals surface area contributed by atoms with E-state index in [9.17, 15) is 9.59 Å². The number of nitrogens with zero attached hydrogens (tertiary/aromatic N) is 3. The van der Waals surface area contributed by atoms with E-state index in [1.165, 1.54) is 0 Å². The van der Waals surface area contributed by atoms with Gasteiger partial charge in [-0.05, 0) is 48.7 Å². The first kappa shape index (κ1) is 15.6. The molecule has 2 aliphatic rings. The van der Waals surface area contributed by atoms with Gasteiger partial charge in [0.15, 0.2) is 0 Å². The van der Waals surface area contributed by atoms with Gasteiger partial charge in [-0.3, -0.25) is 14.7 Å². The van der Waals surface area contributed by atoms with E-state index < -0.39 is 0 Å². The van der Waals surface area contributed by atoms with Gasteiger partial charge in [0, 0.05) is 30.2 Å². The number of cyclic esters (lactones) is 1. The van der Waals surface area contributed by atoms with Crippen molar-refractivity contribution >= 4 is 17.7 Å². The number of amides is 2. The number of hydrogen-bond acceptors (Lipinski definition) is 4. The maximum absolute atomic E-state index is 13.1. The van der Waals surface area contributed by atoms with E-state index in [0.29, 0.717) is 24.4 Å². The second kappa shape index (κ2) is 6.55. The molecule has 1 atom stereocenters. The highest BCUT2D eigenvalue weighted by molar-refractivity contribution is 5.97. The molecular formula is C19H19N3O3. The van der Waals surface area contributed by atoms with Crippen molar-refractivity contribution in [1.29, 1.82) is 0 Å². The van der Waals surface area contributed by atoms with Crippen LogP contribution >= 0.6 is 0 Å². The van der Waals surface area contributed by atoms with Gasteiger partial charge in [0.1, 0.15) is 6.61 Å². The third-order valence-corrected chi connectivity index (χ3v) is 4.77. The molecule has 3 heterocycles. The molecule has 2 fully saturated rings. The van der Waals surface area contributed by atoms with Gasteiger partial charge in [-0.25, -0.2) is 4.79 Å². The van der Waals surface area contributed by atoms with Gasteiger partial charge >= 0.3 is 6.09 Å². The molecule has 6 heteroatoms. The van der Waals surface area contributed by atoms with Gasteiger partial charge in [0.25, 0.3) is 5.91 Å². The van der Waals surface area contributed by atoms with E-state index in [-0.39, 0.29) is 18.0 Å². The first-order chi connectivity index (χ1) is 12.2. The van der Waals surface area contributed by atoms with Crippen LogP contribution in [0, 0.1) is 0 Å². The van der Waals surface area contributed by atoms with E-state index in [0.717, 1.165) is 24.9 Å².